The summed E-state index contributed by atoms with van der Waals surface area (Å²) in [4.78, 5) is 13.2. The van der Waals surface area contributed by atoms with Gasteiger partial charge in [-0.15, -0.1) is 0 Å². The second-order valence-corrected chi connectivity index (χ2v) is 12.6. The first kappa shape index (κ1) is 28.6. The average Bonchev–Trinajstić information content (AvgIpc) is 3.66. The summed E-state index contributed by atoms with van der Waals surface area (Å²) in [7, 11) is 1.26. The molecule has 1 N–H and O–H groups in total. The number of phenols is 1. The van der Waals surface area contributed by atoms with Gasteiger partial charge in [-0.25, -0.2) is 17.6 Å². The van der Waals surface area contributed by atoms with Gasteiger partial charge in [-0.1, -0.05) is 12.1 Å². The van der Waals surface area contributed by atoms with E-state index < -0.39 is 34.7 Å². The number of anilines is 1. The Morgan fingerprint density at radius 3 is 2.62 bits per heavy atom. The average molecular weight is 625 g/mol. The maximum Gasteiger partial charge on any atom is 0.319 e. The highest BCUT2D eigenvalue weighted by Crippen LogP contribution is 2.47. The van der Waals surface area contributed by atoms with E-state index in [0.717, 1.165) is 38.3 Å². The lowest BCUT2D eigenvalue weighted by Gasteiger charge is -2.34. The molecule has 0 aliphatic carbocycles. The van der Waals surface area contributed by atoms with E-state index in [-0.39, 0.29) is 69.4 Å². The number of hydrogen-bond donors (Lipinski definition) is 1. The second kappa shape index (κ2) is 10.6. The molecule has 8 nitrogen and oxygen atoms in total. The van der Waals surface area contributed by atoms with E-state index in [9.17, 15) is 9.50 Å². The highest BCUT2D eigenvalue weighted by molar-refractivity contribution is 6.04. The van der Waals surface area contributed by atoms with Crippen molar-refractivity contribution < 1.29 is 36.9 Å². The van der Waals surface area contributed by atoms with Crippen LogP contribution in [0.1, 0.15) is 32.1 Å². The van der Waals surface area contributed by atoms with Gasteiger partial charge in [0.1, 0.15) is 35.7 Å². The first-order chi connectivity index (χ1) is 21.7. The van der Waals surface area contributed by atoms with Crippen LogP contribution in [-0.4, -0.2) is 83.8 Å². The zero-order valence-electron chi connectivity index (χ0n) is 24.7. The number of benzene rings is 3. The third-order valence-corrected chi connectivity index (χ3v) is 9.90. The molecule has 0 amide bonds. The summed E-state index contributed by atoms with van der Waals surface area (Å²) in [5.41, 5.74) is -1.56. The van der Waals surface area contributed by atoms with Crippen molar-refractivity contribution in [3.63, 3.8) is 0 Å². The molecule has 4 saturated heterocycles. The molecule has 5 heterocycles. The SMILES string of the molecule is COc1c(F)c(-c2cc(O)cc3cccc(F)c23)c(F)c2nc(OC[C@@]34CCCN3C[C@H](F)C4)nc(N3CC4CCC(C3)O4)c12. The van der Waals surface area contributed by atoms with Crippen LogP contribution in [0.2, 0.25) is 0 Å². The Morgan fingerprint density at radius 1 is 1.04 bits per heavy atom. The molecule has 2 unspecified atom stereocenters. The van der Waals surface area contributed by atoms with Crippen molar-refractivity contribution in [2.24, 2.45) is 0 Å². The molecule has 0 spiro atoms. The van der Waals surface area contributed by atoms with Gasteiger partial charge in [0.15, 0.2) is 17.4 Å². The van der Waals surface area contributed by atoms with Crippen molar-refractivity contribution in [3.05, 3.63) is 47.8 Å². The topological polar surface area (TPSA) is 80.2 Å². The third kappa shape index (κ3) is 4.55. The Kier molecular flexibility index (Phi) is 6.72. The summed E-state index contributed by atoms with van der Waals surface area (Å²) in [5.74, 6) is -3.23. The highest BCUT2D eigenvalue weighted by Gasteiger charge is 2.49. The van der Waals surface area contributed by atoms with Gasteiger partial charge in [-0.05, 0) is 55.8 Å². The number of aromatic nitrogens is 2. The summed E-state index contributed by atoms with van der Waals surface area (Å²) in [5, 5.41) is 10.7. The third-order valence-electron chi connectivity index (χ3n) is 9.90. The minimum Gasteiger partial charge on any atom is -0.508 e. The molecule has 4 atom stereocenters. The van der Waals surface area contributed by atoms with Crippen LogP contribution in [0.4, 0.5) is 23.4 Å². The molecule has 3 aromatic carbocycles. The van der Waals surface area contributed by atoms with E-state index in [4.69, 9.17) is 19.2 Å². The molecule has 4 fully saturated rings. The first-order valence-corrected chi connectivity index (χ1v) is 15.4. The number of phenolic OH excluding ortho intramolecular Hbond substituents is 1. The molecule has 4 aromatic rings. The maximum absolute atomic E-state index is 16.9. The van der Waals surface area contributed by atoms with Crippen molar-refractivity contribution in [1.29, 1.82) is 0 Å². The standard InChI is InChI=1S/C33H32F4N4O4/c1-43-30-26-29(27(36)25(28(30)37)22-11-19(42)10-17-4-2-5-23(35)24(17)22)38-32(39-31(26)40-14-20-6-7-21(15-40)45-20)44-16-33-8-3-9-41(33)13-18(34)12-33/h2,4-5,10-11,18,20-21,42H,3,6-9,12-16H2,1H3/t18-,20?,21?,33+/m1/s1. The number of morpholine rings is 1. The van der Waals surface area contributed by atoms with E-state index in [2.05, 4.69) is 9.88 Å². The smallest absolute Gasteiger partial charge is 0.319 e. The van der Waals surface area contributed by atoms with Gasteiger partial charge in [0.2, 0.25) is 0 Å². The van der Waals surface area contributed by atoms with Crippen LogP contribution < -0.4 is 14.4 Å². The number of aromatic hydroxyl groups is 1. The number of rotatable bonds is 6. The Labute approximate surface area is 256 Å². The predicted molar refractivity (Wildman–Crippen MR) is 159 cm³/mol. The summed E-state index contributed by atoms with van der Waals surface area (Å²) < 4.78 is 80.9. The molecule has 4 aliphatic rings. The van der Waals surface area contributed by atoms with Gasteiger partial charge in [-0.3, -0.25) is 4.90 Å². The molecule has 12 heteroatoms. The van der Waals surface area contributed by atoms with E-state index in [1.165, 1.54) is 25.3 Å². The van der Waals surface area contributed by atoms with E-state index in [1.807, 2.05) is 4.90 Å². The first-order valence-electron chi connectivity index (χ1n) is 15.4. The monoisotopic (exact) mass is 624 g/mol. The van der Waals surface area contributed by atoms with Crippen LogP contribution in [0.25, 0.3) is 32.8 Å². The lowest BCUT2D eigenvalue weighted by Crippen LogP contribution is -2.44. The van der Waals surface area contributed by atoms with E-state index in [1.54, 1.807) is 6.07 Å². The van der Waals surface area contributed by atoms with Crippen molar-refractivity contribution >= 4 is 27.5 Å². The van der Waals surface area contributed by atoms with Crippen LogP contribution in [-0.2, 0) is 4.74 Å². The molecular weight excluding hydrogens is 592 g/mol. The molecule has 4 aliphatic heterocycles. The summed E-state index contributed by atoms with van der Waals surface area (Å²) in [6.45, 7) is 2.11. The second-order valence-electron chi connectivity index (χ2n) is 12.6. The van der Waals surface area contributed by atoms with Crippen molar-refractivity contribution in [1.82, 2.24) is 14.9 Å². The molecule has 45 heavy (non-hydrogen) atoms. The minimum absolute atomic E-state index is 0.0141. The highest BCUT2D eigenvalue weighted by atomic mass is 19.1. The molecule has 0 radical (unpaired) electrons. The van der Waals surface area contributed by atoms with Crippen molar-refractivity contribution in [3.8, 4) is 28.6 Å². The summed E-state index contributed by atoms with van der Waals surface area (Å²) >= 11 is 0. The molecule has 0 saturated carbocycles. The van der Waals surface area contributed by atoms with Crippen LogP contribution in [0.5, 0.6) is 17.5 Å². The van der Waals surface area contributed by atoms with Crippen LogP contribution in [0.15, 0.2) is 30.3 Å². The zero-order valence-corrected chi connectivity index (χ0v) is 24.7. The summed E-state index contributed by atoms with van der Waals surface area (Å²) in [6, 6.07) is 6.50. The molecule has 2 bridgehead atoms. The molecule has 1 aromatic heterocycles. The van der Waals surface area contributed by atoms with Gasteiger partial charge in [-0.2, -0.15) is 9.97 Å². The Morgan fingerprint density at radius 2 is 1.84 bits per heavy atom. The number of methoxy groups -OCH3 is 1. The number of hydrogen-bond acceptors (Lipinski definition) is 8. The van der Waals surface area contributed by atoms with Crippen molar-refractivity contribution in [2.45, 2.75) is 56.0 Å². The molecular formula is C33H32F4N4O4. The fraction of sp³-hybridized carbons (Fsp3) is 0.455. The molecule has 236 valence electrons. The quantitative estimate of drug-likeness (QED) is 0.266. The van der Waals surface area contributed by atoms with Crippen molar-refractivity contribution in [2.75, 3.05) is 44.8 Å². The Balaban J connectivity index is 1.33. The van der Waals surface area contributed by atoms with Gasteiger partial charge in [0.05, 0.1) is 35.8 Å². The summed E-state index contributed by atoms with van der Waals surface area (Å²) in [6.07, 6.45) is 2.63. The predicted octanol–water partition coefficient (Wildman–Crippen LogP) is 5.90. The van der Waals surface area contributed by atoms with Gasteiger partial charge < -0.3 is 24.2 Å². The number of nitrogens with zero attached hydrogens (tertiary/aromatic N) is 4. The number of alkyl halides is 1. The van der Waals surface area contributed by atoms with Gasteiger partial charge in [0.25, 0.3) is 0 Å². The normalized spacial score (nSPS) is 26.2. The zero-order chi connectivity index (χ0) is 31.0. The van der Waals surface area contributed by atoms with E-state index >= 15 is 13.2 Å². The largest absolute Gasteiger partial charge is 0.508 e. The maximum atomic E-state index is 16.9. The Bertz CT molecular complexity index is 1830. The number of ether oxygens (including phenoxy) is 3. The fourth-order valence-electron chi connectivity index (χ4n) is 7.96. The number of fused-ring (bicyclic) bond motifs is 5. The minimum atomic E-state index is -1.08. The lowest BCUT2D eigenvalue weighted by atomic mass is 9.94. The van der Waals surface area contributed by atoms with Crippen LogP contribution in [0.3, 0.4) is 0 Å². The number of halogens is 4. The lowest BCUT2D eigenvalue weighted by molar-refractivity contribution is 0.0302. The molecule has 8 rings (SSSR count). The Hall–Kier alpha value is -3.90. The fourth-order valence-corrected chi connectivity index (χ4v) is 7.96. The van der Waals surface area contributed by atoms with Gasteiger partial charge >= 0.3 is 6.01 Å². The van der Waals surface area contributed by atoms with Gasteiger partial charge in [0, 0.05) is 37.0 Å². The van der Waals surface area contributed by atoms with E-state index in [0.29, 0.717) is 26.1 Å². The van der Waals surface area contributed by atoms with Crippen LogP contribution >= 0.6 is 0 Å². The van der Waals surface area contributed by atoms with Crippen LogP contribution in [0, 0.1) is 17.5 Å².